The van der Waals surface area contributed by atoms with Crippen molar-refractivity contribution < 1.29 is 14.3 Å². The third kappa shape index (κ3) is 5.29. The van der Waals surface area contributed by atoms with Crippen LogP contribution in [0.1, 0.15) is 46.1 Å². The molecule has 1 amide bonds. The van der Waals surface area contributed by atoms with E-state index in [1.165, 1.54) is 11.3 Å². The summed E-state index contributed by atoms with van der Waals surface area (Å²) in [6.07, 6.45) is 0.837. The second kappa shape index (κ2) is 9.98. The molecule has 0 aliphatic carbocycles. The van der Waals surface area contributed by atoms with Crippen molar-refractivity contribution in [3.8, 4) is 11.1 Å². The minimum Gasteiger partial charge on any atom is -0.461 e. The molecule has 3 rings (SSSR count). The number of carbonyl (C=O) groups excluding carboxylic acids is 2. The lowest BCUT2D eigenvalue weighted by atomic mass is 10.0. The molecule has 0 fully saturated rings. The largest absolute Gasteiger partial charge is 0.461 e. The molecule has 0 saturated carbocycles. The summed E-state index contributed by atoms with van der Waals surface area (Å²) >= 11 is 1.36. The normalized spacial score (nSPS) is 10.6. The topological polar surface area (TPSA) is 59.5 Å². The lowest BCUT2D eigenvalue weighted by Gasteiger charge is -2.21. The maximum atomic E-state index is 13.0. The fourth-order valence-electron chi connectivity index (χ4n) is 2.99. The quantitative estimate of drug-likeness (QED) is 0.490. The number of benzene rings is 2. The van der Waals surface area contributed by atoms with Crippen molar-refractivity contribution in [3.05, 3.63) is 76.2 Å². The summed E-state index contributed by atoms with van der Waals surface area (Å²) in [5.74, 6) is -0.473. The number of esters is 1. The minimum absolute atomic E-state index is 0.0423. The zero-order valence-electron chi connectivity index (χ0n) is 16.6. The Morgan fingerprint density at radius 1 is 1.00 bits per heavy atom. The van der Waals surface area contributed by atoms with E-state index in [4.69, 9.17) is 4.74 Å². The molecule has 1 heterocycles. The van der Waals surface area contributed by atoms with Crippen LogP contribution in [0.5, 0.6) is 0 Å². The molecule has 2 aromatic carbocycles. The predicted molar refractivity (Wildman–Crippen MR) is 115 cm³/mol. The van der Waals surface area contributed by atoms with E-state index in [0.717, 1.165) is 22.6 Å². The molecule has 0 unspecified atom stereocenters. The van der Waals surface area contributed by atoms with Gasteiger partial charge in [0.1, 0.15) is 5.01 Å². The number of aromatic nitrogens is 1. The monoisotopic (exact) mass is 408 g/mol. The molecule has 0 bridgehead atoms. The van der Waals surface area contributed by atoms with Crippen molar-refractivity contribution >= 4 is 23.2 Å². The molecule has 0 aliphatic heterocycles. The van der Waals surface area contributed by atoms with E-state index < -0.39 is 5.97 Å². The Labute approximate surface area is 175 Å². The smallest absolute Gasteiger partial charge is 0.357 e. The van der Waals surface area contributed by atoms with Crippen molar-refractivity contribution in [2.45, 2.75) is 26.8 Å². The van der Waals surface area contributed by atoms with Crippen LogP contribution in [0.2, 0.25) is 0 Å². The molecule has 0 N–H and O–H groups in total. The van der Waals surface area contributed by atoms with Crippen LogP contribution in [0.25, 0.3) is 11.1 Å². The summed E-state index contributed by atoms with van der Waals surface area (Å²) in [5, 5.41) is 2.40. The molecule has 29 heavy (non-hydrogen) atoms. The molecule has 0 atom stereocenters. The van der Waals surface area contributed by atoms with Gasteiger partial charge in [0.25, 0.3) is 5.91 Å². The van der Waals surface area contributed by atoms with Crippen molar-refractivity contribution in [1.29, 1.82) is 0 Å². The third-order valence-corrected chi connectivity index (χ3v) is 5.22. The first kappa shape index (κ1) is 20.7. The summed E-state index contributed by atoms with van der Waals surface area (Å²) in [6.45, 7) is 5.09. The van der Waals surface area contributed by atoms with Gasteiger partial charge in [0.05, 0.1) is 13.2 Å². The van der Waals surface area contributed by atoms with Crippen LogP contribution in [0, 0.1) is 0 Å². The van der Waals surface area contributed by atoms with Gasteiger partial charge in [-0.05, 0) is 36.6 Å². The Morgan fingerprint density at radius 3 is 2.34 bits per heavy atom. The van der Waals surface area contributed by atoms with Crippen molar-refractivity contribution in [1.82, 2.24) is 9.88 Å². The van der Waals surface area contributed by atoms with Crippen LogP contribution in [0.15, 0.2) is 60.0 Å². The molecule has 0 saturated heterocycles. The zero-order valence-corrected chi connectivity index (χ0v) is 17.4. The first-order chi connectivity index (χ1) is 14.1. The number of hydrogen-bond acceptors (Lipinski definition) is 5. The molecule has 0 spiro atoms. The highest BCUT2D eigenvalue weighted by atomic mass is 32.1. The van der Waals surface area contributed by atoms with E-state index in [9.17, 15) is 9.59 Å². The lowest BCUT2D eigenvalue weighted by Crippen LogP contribution is -2.31. The van der Waals surface area contributed by atoms with Crippen LogP contribution in [0.3, 0.4) is 0 Å². The van der Waals surface area contributed by atoms with Gasteiger partial charge in [0.15, 0.2) is 5.69 Å². The number of amides is 1. The van der Waals surface area contributed by atoms with Gasteiger partial charge in [-0.1, -0.05) is 49.4 Å². The fraction of sp³-hybridized carbons (Fsp3) is 0.261. The summed E-state index contributed by atoms with van der Waals surface area (Å²) < 4.78 is 4.98. The Balaban J connectivity index is 1.73. The number of rotatable bonds is 8. The maximum Gasteiger partial charge on any atom is 0.357 e. The molecule has 5 nitrogen and oxygen atoms in total. The van der Waals surface area contributed by atoms with Gasteiger partial charge in [0.2, 0.25) is 0 Å². The van der Waals surface area contributed by atoms with E-state index >= 15 is 0 Å². The highest BCUT2D eigenvalue weighted by molar-refractivity contribution is 7.09. The van der Waals surface area contributed by atoms with Gasteiger partial charge in [-0.2, -0.15) is 0 Å². The summed E-state index contributed by atoms with van der Waals surface area (Å²) in [7, 11) is 0. The lowest BCUT2D eigenvalue weighted by molar-refractivity contribution is 0.0520. The van der Waals surface area contributed by atoms with Crippen LogP contribution in [0.4, 0.5) is 0 Å². The van der Waals surface area contributed by atoms with Crippen LogP contribution >= 0.6 is 11.3 Å². The summed E-state index contributed by atoms with van der Waals surface area (Å²) in [6, 6.07) is 17.7. The molecule has 0 radical (unpaired) electrons. The number of carbonyl (C=O) groups is 2. The molecule has 3 aromatic rings. The summed E-state index contributed by atoms with van der Waals surface area (Å²) in [5.41, 5.74) is 3.12. The second-order valence-electron chi connectivity index (χ2n) is 6.52. The van der Waals surface area contributed by atoms with Gasteiger partial charge in [-0.25, -0.2) is 9.78 Å². The Bertz CT molecular complexity index is 952. The van der Waals surface area contributed by atoms with E-state index in [-0.39, 0.29) is 5.91 Å². The van der Waals surface area contributed by atoms with Crippen LogP contribution < -0.4 is 0 Å². The summed E-state index contributed by atoms with van der Waals surface area (Å²) in [4.78, 5) is 31.0. The molecular weight excluding hydrogens is 384 g/mol. The molecule has 0 aliphatic rings. The zero-order chi connectivity index (χ0) is 20.6. The van der Waals surface area contributed by atoms with Crippen molar-refractivity contribution in [3.63, 3.8) is 0 Å². The minimum atomic E-state index is -0.431. The molecule has 150 valence electrons. The Kier molecular flexibility index (Phi) is 7.14. The van der Waals surface area contributed by atoms with Gasteiger partial charge in [-0.3, -0.25) is 4.79 Å². The van der Waals surface area contributed by atoms with E-state index in [0.29, 0.717) is 31.0 Å². The highest BCUT2D eigenvalue weighted by Crippen LogP contribution is 2.21. The van der Waals surface area contributed by atoms with Crippen molar-refractivity contribution in [2.24, 2.45) is 0 Å². The predicted octanol–water partition coefficient (Wildman–Crippen LogP) is 5.04. The van der Waals surface area contributed by atoms with Gasteiger partial charge in [0, 0.05) is 17.5 Å². The van der Waals surface area contributed by atoms with Gasteiger partial charge < -0.3 is 9.64 Å². The third-order valence-electron chi connectivity index (χ3n) is 4.38. The van der Waals surface area contributed by atoms with Crippen LogP contribution in [-0.4, -0.2) is 34.9 Å². The highest BCUT2D eigenvalue weighted by Gasteiger charge is 2.19. The van der Waals surface area contributed by atoms with E-state index in [1.807, 2.05) is 61.5 Å². The Morgan fingerprint density at radius 2 is 1.69 bits per heavy atom. The standard InChI is InChI=1S/C23H24N2O3S/c1-3-14-25(15-21-24-20(16-29-21)23(27)28-4-2)22(26)19-12-10-18(11-13-19)17-8-6-5-7-9-17/h5-13,16H,3-4,14-15H2,1-2H3. The molecular formula is C23H24N2O3S. The van der Waals surface area contributed by atoms with E-state index in [1.54, 1.807) is 17.2 Å². The first-order valence-corrected chi connectivity index (χ1v) is 10.6. The average Bonchev–Trinajstić information content (AvgIpc) is 3.23. The number of nitrogens with zero attached hydrogens (tertiary/aromatic N) is 2. The first-order valence-electron chi connectivity index (χ1n) is 9.68. The van der Waals surface area contributed by atoms with E-state index in [2.05, 4.69) is 4.98 Å². The van der Waals surface area contributed by atoms with Crippen molar-refractivity contribution in [2.75, 3.05) is 13.2 Å². The number of hydrogen-bond donors (Lipinski definition) is 0. The number of ether oxygens (including phenoxy) is 1. The number of thiazole rings is 1. The Hall–Kier alpha value is -2.99. The van der Waals surface area contributed by atoms with Gasteiger partial charge >= 0.3 is 5.97 Å². The average molecular weight is 409 g/mol. The molecule has 6 heteroatoms. The van der Waals surface area contributed by atoms with Gasteiger partial charge in [-0.15, -0.1) is 11.3 Å². The van der Waals surface area contributed by atoms with Crippen LogP contribution in [-0.2, 0) is 11.3 Å². The second-order valence-corrected chi connectivity index (χ2v) is 7.46. The fourth-order valence-corrected chi connectivity index (χ4v) is 3.76. The maximum absolute atomic E-state index is 13.0. The SMILES string of the molecule is CCCN(Cc1nc(C(=O)OCC)cs1)C(=O)c1ccc(-c2ccccc2)cc1. The molecule has 1 aromatic heterocycles.